The van der Waals surface area contributed by atoms with Crippen molar-refractivity contribution in [3.63, 3.8) is 0 Å². The molecule has 5 nitrogen and oxygen atoms in total. The zero-order valence-electron chi connectivity index (χ0n) is 14.5. The standard InChI is InChI=1S/C20H20N4OS/c1-3-13-24-18(16-11-9-15(2)10-12-16)14-26-20(24)23-22-19(25)21-17-7-5-4-6-8-17/h3-12,14H,1,13H2,2H3,(H2,21,22,25)/b23-20-. The van der Waals surface area contributed by atoms with Gasteiger partial charge in [-0.05, 0) is 24.6 Å². The molecule has 2 amide bonds. The van der Waals surface area contributed by atoms with Gasteiger partial charge in [0.1, 0.15) is 0 Å². The summed E-state index contributed by atoms with van der Waals surface area (Å²) in [5.41, 5.74) is 6.62. The topological polar surface area (TPSA) is 58.4 Å². The monoisotopic (exact) mass is 364 g/mol. The number of urea groups is 1. The van der Waals surface area contributed by atoms with Gasteiger partial charge >= 0.3 is 6.03 Å². The third-order valence-electron chi connectivity index (χ3n) is 3.74. The molecule has 0 aliphatic carbocycles. The van der Waals surface area contributed by atoms with E-state index in [4.69, 9.17) is 0 Å². The van der Waals surface area contributed by atoms with Crippen molar-refractivity contribution >= 4 is 23.1 Å². The number of anilines is 1. The smallest absolute Gasteiger partial charge is 0.311 e. The predicted molar refractivity (Wildman–Crippen MR) is 107 cm³/mol. The Morgan fingerprint density at radius 2 is 1.92 bits per heavy atom. The van der Waals surface area contributed by atoms with E-state index in [2.05, 4.69) is 53.6 Å². The Morgan fingerprint density at radius 1 is 1.19 bits per heavy atom. The lowest BCUT2D eigenvalue weighted by atomic mass is 10.1. The first-order chi connectivity index (χ1) is 12.7. The number of thiazole rings is 1. The highest BCUT2D eigenvalue weighted by atomic mass is 32.1. The van der Waals surface area contributed by atoms with E-state index in [1.165, 1.54) is 16.9 Å². The van der Waals surface area contributed by atoms with Crippen LogP contribution in [0.2, 0.25) is 0 Å². The van der Waals surface area contributed by atoms with Crippen LogP contribution in [0.5, 0.6) is 0 Å². The lowest BCUT2D eigenvalue weighted by Gasteiger charge is -2.07. The van der Waals surface area contributed by atoms with E-state index >= 15 is 0 Å². The summed E-state index contributed by atoms with van der Waals surface area (Å²) in [4.78, 5) is 12.7. The molecule has 0 spiro atoms. The third kappa shape index (κ3) is 4.29. The molecular weight excluding hydrogens is 344 g/mol. The number of aromatic nitrogens is 1. The SMILES string of the molecule is C=CCn1c(-c2ccc(C)cc2)cs/c1=N\NC(=O)Nc1ccccc1. The van der Waals surface area contributed by atoms with Gasteiger partial charge in [0, 0.05) is 17.6 Å². The van der Waals surface area contributed by atoms with Gasteiger partial charge in [-0.3, -0.25) is 0 Å². The number of hydrogen-bond donors (Lipinski definition) is 2. The number of para-hydroxylation sites is 1. The maximum atomic E-state index is 12.0. The van der Waals surface area contributed by atoms with E-state index in [1.54, 1.807) is 0 Å². The maximum Gasteiger partial charge on any atom is 0.339 e. The summed E-state index contributed by atoms with van der Waals surface area (Å²) in [5.74, 6) is 0. The lowest BCUT2D eigenvalue weighted by Crippen LogP contribution is -2.28. The molecule has 2 aromatic carbocycles. The van der Waals surface area contributed by atoms with Gasteiger partial charge in [-0.15, -0.1) is 23.0 Å². The van der Waals surface area contributed by atoms with Crippen LogP contribution in [-0.4, -0.2) is 10.6 Å². The van der Waals surface area contributed by atoms with Gasteiger partial charge < -0.3 is 9.88 Å². The Labute approximate surface area is 156 Å². The van der Waals surface area contributed by atoms with E-state index in [-0.39, 0.29) is 6.03 Å². The maximum absolute atomic E-state index is 12.0. The van der Waals surface area contributed by atoms with E-state index < -0.39 is 0 Å². The number of hydrogen-bond acceptors (Lipinski definition) is 3. The average molecular weight is 364 g/mol. The predicted octanol–water partition coefficient (Wildman–Crippen LogP) is 4.35. The molecule has 0 aliphatic heterocycles. The number of carbonyl (C=O) groups excluding carboxylic acids is 1. The molecule has 0 fully saturated rings. The Bertz CT molecular complexity index is 955. The normalized spacial score (nSPS) is 11.2. The minimum atomic E-state index is -0.383. The summed E-state index contributed by atoms with van der Waals surface area (Å²) >= 11 is 1.47. The molecule has 0 saturated heterocycles. The summed E-state index contributed by atoms with van der Waals surface area (Å²) in [6.07, 6.45) is 1.81. The number of carbonyl (C=O) groups is 1. The lowest BCUT2D eigenvalue weighted by molar-refractivity contribution is 0.252. The molecule has 1 aromatic heterocycles. The van der Waals surface area contributed by atoms with Gasteiger partial charge in [0.2, 0.25) is 4.80 Å². The van der Waals surface area contributed by atoms with Crippen molar-refractivity contribution in [1.82, 2.24) is 9.99 Å². The van der Waals surface area contributed by atoms with Crippen LogP contribution in [-0.2, 0) is 6.54 Å². The van der Waals surface area contributed by atoms with Crippen molar-refractivity contribution in [3.05, 3.63) is 83.0 Å². The fourth-order valence-electron chi connectivity index (χ4n) is 2.46. The highest BCUT2D eigenvalue weighted by Crippen LogP contribution is 2.20. The molecule has 0 bridgehead atoms. The van der Waals surface area contributed by atoms with Crippen molar-refractivity contribution in [2.75, 3.05) is 5.32 Å². The van der Waals surface area contributed by atoms with Crippen LogP contribution < -0.4 is 15.5 Å². The number of allylic oxidation sites excluding steroid dienone is 1. The Morgan fingerprint density at radius 3 is 2.62 bits per heavy atom. The first-order valence-electron chi connectivity index (χ1n) is 8.19. The van der Waals surface area contributed by atoms with E-state index in [0.29, 0.717) is 17.0 Å². The fraction of sp³-hybridized carbons (Fsp3) is 0.100. The molecule has 3 rings (SSSR count). The van der Waals surface area contributed by atoms with E-state index in [0.717, 1.165) is 11.3 Å². The zero-order chi connectivity index (χ0) is 18.4. The first kappa shape index (κ1) is 17.7. The molecule has 6 heteroatoms. The zero-order valence-corrected chi connectivity index (χ0v) is 15.3. The van der Waals surface area contributed by atoms with Crippen LogP contribution in [0.25, 0.3) is 11.3 Å². The van der Waals surface area contributed by atoms with Crippen LogP contribution in [0.3, 0.4) is 0 Å². The van der Waals surface area contributed by atoms with E-state index in [1.807, 2.05) is 46.4 Å². The molecule has 1 heterocycles. The largest absolute Gasteiger partial charge is 0.339 e. The van der Waals surface area contributed by atoms with Crippen molar-refractivity contribution in [2.24, 2.45) is 5.10 Å². The molecule has 0 atom stereocenters. The summed E-state index contributed by atoms with van der Waals surface area (Å²) in [5, 5.41) is 9.03. The number of nitrogens with zero attached hydrogens (tertiary/aromatic N) is 2. The minimum absolute atomic E-state index is 0.383. The average Bonchev–Trinajstić information content (AvgIpc) is 3.05. The number of amides is 2. The summed E-state index contributed by atoms with van der Waals surface area (Å²) in [6, 6.07) is 17.2. The summed E-state index contributed by atoms with van der Waals surface area (Å²) in [7, 11) is 0. The fourth-order valence-corrected chi connectivity index (χ4v) is 3.34. The van der Waals surface area contributed by atoms with Gasteiger partial charge in [-0.1, -0.05) is 54.1 Å². The van der Waals surface area contributed by atoms with Crippen LogP contribution in [0.1, 0.15) is 5.56 Å². The van der Waals surface area contributed by atoms with Crippen LogP contribution in [0, 0.1) is 6.92 Å². The van der Waals surface area contributed by atoms with Crippen molar-refractivity contribution < 1.29 is 4.79 Å². The van der Waals surface area contributed by atoms with Crippen molar-refractivity contribution in [3.8, 4) is 11.3 Å². The highest BCUT2D eigenvalue weighted by Gasteiger charge is 2.07. The van der Waals surface area contributed by atoms with Gasteiger partial charge in [-0.25, -0.2) is 10.2 Å². The number of rotatable bonds is 5. The van der Waals surface area contributed by atoms with E-state index in [9.17, 15) is 4.79 Å². The van der Waals surface area contributed by atoms with Gasteiger partial charge in [0.25, 0.3) is 0 Å². The Hall–Kier alpha value is -3.12. The second-order valence-corrected chi connectivity index (χ2v) is 6.55. The van der Waals surface area contributed by atoms with Gasteiger partial charge in [0.05, 0.1) is 5.69 Å². The summed E-state index contributed by atoms with van der Waals surface area (Å²) in [6.45, 7) is 6.48. The molecule has 0 unspecified atom stereocenters. The number of aryl methyl sites for hydroxylation is 1. The van der Waals surface area contributed by atoms with Gasteiger partial charge in [-0.2, -0.15) is 0 Å². The molecule has 2 N–H and O–H groups in total. The molecule has 26 heavy (non-hydrogen) atoms. The Balaban J connectivity index is 1.82. The molecule has 3 aromatic rings. The first-order valence-corrected chi connectivity index (χ1v) is 9.07. The molecule has 132 valence electrons. The highest BCUT2D eigenvalue weighted by molar-refractivity contribution is 7.07. The Kier molecular flexibility index (Phi) is 5.66. The molecule has 0 aliphatic rings. The van der Waals surface area contributed by atoms with Gasteiger partial charge in [0.15, 0.2) is 0 Å². The van der Waals surface area contributed by atoms with Crippen molar-refractivity contribution in [1.29, 1.82) is 0 Å². The number of benzene rings is 2. The third-order valence-corrected chi connectivity index (χ3v) is 4.61. The minimum Gasteiger partial charge on any atom is -0.311 e. The number of nitrogens with one attached hydrogen (secondary N) is 2. The molecule has 0 radical (unpaired) electrons. The van der Waals surface area contributed by atoms with Crippen LogP contribution in [0.15, 0.2) is 77.7 Å². The van der Waals surface area contributed by atoms with Crippen LogP contribution in [0.4, 0.5) is 10.5 Å². The second kappa shape index (κ2) is 8.31. The quantitative estimate of drug-likeness (QED) is 0.513. The second-order valence-electron chi connectivity index (χ2n) is 5.71. The molecular formula is C20H20N4OS. The molecule has 0 saturated carbocycles. The van der Waals surface area contributed by atoms with Crippen molar-refractivity contribution in [2.45, 2.75) is 13.5 Å². The summed E-state index contributed by atoms with van der Waals surface area (Å²) < 4.78 is 2.02. The van der Waals surface area contributed by atoms with Crippen LogP contribution >= 0.6 is 11.3 Å².